The molecule has 3 rings (SSSR count). The van der Waals surface area contributed by atoms with Crippen LogP contribution >= 0.6 is 0 Å². The Hall–Kier alpha value is -1.80. The first-order chi connectivity index (χ1) is 9.79. The number of anilines is 1. The number of nitrogens with two attached hydrogens (primary N) is 1. The van der Waals surface area contributed by atoms with E-state index in [2.05, 4.69) is 60.4 Å². The van der Waals surface area contributed by atoms with Crippen molar-refractivity contribution in [3.8, 4) is 0 Å². The van der Waals surface area contributed by atoms with Crippen LogP contribution < -0.4 is 10.6 Å². The van der Waals surface area contributed by atoms with Crippen molar-refractivity contribution >= 4 is 5.69 Å². The van der Waals surface area contributed by atoms with E-state index in [9.17, 15) is 0 Å². The van der Waals surface area contributed by atoms with Gasteiger partial charge in [0.25, 0.3) is 0 Å². The van der Waals surface area contributed by atoms with Gasteiger partial charge < -0.3 is 10.6 Å². The average molecular weight is 266 g/mol. The fraction of sp³-hybridized carbons (Fsp3) is 0.333. The van der Waals surface area contributed by atoms with Gasteiger partial charge in [-0.05, 0) is 37.0 Å². The Morgan fingerprint density at radius 1 is 1.15 bits per heavy atom. The summed E-state index contributed by atoms with van der Waals surface area (Å²) in [5.74, 6) is 0. The summed E-state index contributed by atoms with van der Waals surface area (Å²) in [7, 11) is 0. The second-order valence-corrected chi connectivity index (χ2v) is 5.59. The normalized spacial score (nSPS) is 15.8. The Morgan fingerprint density at radius 3 is 2.80 bits per heavy atom. The number of hydrogen-bond donors (Lipinski definition) is 1. The van der Waals surface area contributed by atoms with Gasteiger partial charge >= 0.3 is 0 Å². The number of rotatable bonds is 3. The van der Waals surface area contributed by atoms with Crippen molar-refractivity contribution in [1.29, 1.82) is 0 Å². The zero-order chi connectivity index (χ0) is 13.9. The number of benzene rings is 2. The second-order valence-electron chi connectivity index (χ2n) is 5.59. The summed E-state index contributed by atoms with van der Waals surface area (Å²) < 4.78 is 0. The third-order valence-electron chi connectivity index (χ3n) is 4.17. The van der Waals surface area contributed by atoms with Gasteiger partial charge in [-0.1, -0.05) is 48.0 Å². The average Bonchev–Trinajstić information content (AvgIpc) is 2.48. The van der Waals surface area contributed by atoms with Gasteiger partial charge in [0.2, 0.25) is 0 Å². The van der Waals surface area contributed by atoms with E-state index in [1.165, 1.54) is 35.2 Å². The molecule has 0 amide bonds. The molecule has 1 unspecified atom stereocenters. The van der Waals surface area contributed by atoms with Crippen LogP contribution in [0.5, 0.6) is 0 Å². The highest BCUT2D eigenvalue weighted by atomic mass is 15.2. The third kappa shape index (κ3) is 2.44. The van der Waals surface area contributed by atoms with Crippen LogP contribution in [-0.4, -0.2) is 13.1 Å². The Kier molecular flexibility index (Phi) is 3.75. The van der Waals surface area contributed by atoms with Crippen LogP contribution in [0.15, 0.2) is 48.5 Å². The molecule has 1 atom stereocenters. The van der Waals surface area contributed by atoms with E-state index in [1.807, 2.05) is 0 Å². The maximum atomic E-state index is 6.10. The molecule has 104 valence electrons. The summed E-state index contributed by atoms with van der Waals surface area (Å²) >= 11 is 0. The minimum Gasteiger partial charge on any atom is -0.363 e. The highest BCUT2D eigenvalue weighted by Crippen LogP contribution is 2.33. The molecule has 0 bridgehead atoms. The van der Waals surface area contributed by atoms with Gasteiger partial charge in [0.1, 0.15) is 0 Å². The summed E-state index contributed by atoms with van der Waals surface area (Å²) in [6.45, 7) is 3.88. The monoisotopic (exact) mass is 266 g/mol. The number of aryl methyl sites for hydroxylation is 2. The Labute approximate surface area is 121 Å². The van der Waals surface area contributed by atoms with Gasteiger partial charge in [-0.3, -0.25) is 0 Å². The summed E-state index contributed by atoms with van der Waals surface area (Å²) in [6.07, 6.45) is 2.39. The number of hydrogen-bond acceptors (Lipinski definition) is 2. The van der Waals surface area contributed by atoms with Crippen molar-refractivity contribution in [1.82, 2.24) is 0 Å². The molecular weight excluding hydrogens is 244 g/mol. The van der Waals surface area contributed by atoms with E-state index in [1.54, 1.807) is 0 Å². The van der Waals surface area contributed by atoms with Gasteiger partial charge in [-0.25, -0.2) is 0 Å². The van der Waals surface area contributed by atoms with Crippen molar-refractivity contribution in [2.45, 2.75) is 25.8 Å². The van der Waals surface area contributed by atoms with Crippen LogP contribution in [-0.2, 0) is 6.42 Å². The lowest BCUT2D eigenvalue weighted by Crippen LogP contribution is -2.37. The fourth-order valence-corrected chi connectivity index (χ4v) is 3.21. The molecule has 2 N–H and O–H groups in total. The SMILES string of the molecule is Cc1cccc(C(CN)N2CCCc3ccccc32)c1. The smallest absolute Gasteiger partial charge is 0.0664 e. The minimum absolute atomic E-state index is 0.274. The first kappa shape index (κ1) is 13.2. The topological polar surface area (TPSA) is 29.3 Å². The van der Waals surface area contributed by atoms with E-state index in [4.69, 9.17) is 5.73 Å². The van der Waals surface area contributed by atoms with Gasteiger partial charge in [-0.2, -0.15) is 0 Å². The zero-order valence-corrected chi connectivity index (χ0v) is 12.0. The van der Waals surface area contributed by atoms with E-state index in [-0.39, 0.29) is 6.04 Å². The van der Waals surface area contributed by atoms with Crippen LogP contribution in [0.1, 0.15) is 29.2 Å². The van der Waals surface area contributed by atoms with Crippen LogP contribution in [0.2, 0.25) is 0 Å². The molecule has 0 spiro atoms. The highest BCUT2D eigenvalue weighted by molar-refractivity contribution is 5.57. The molecule has 20 heavy (non-hydrogen) atoms. The molecule has 0 fully saturated rings. The van der Waals surface area contributed by atoms with Crippen LogP contribution in [0.4, 0.5) is 5.69 Å². The summed E-state index contributed by atoms with van der Waals surface area (Å²) in [5, 5.41) is 0. The molecule has 0 saturated heterocycles. The summed E-state index contributed by atoms with van der Waals surface area (Å²) in [4.78, 5) is 2.48. The largest absolute Gasteiger partial charge is 0.363 e. The van der Waals surface area contributed by atoms with E-state index >= 15 is 0 Å². The second kappa shape index (κ2) is 5.68. The van der Waals surface area contributed by atoms with Crippen molar-refractivity contribution in [2.24, 2.45) is 5.73 Å². The minimum atomic E-state index is 0.274. The Morgan fingerprint density at radius 2 is 2.00 bits per heavy atom. The number of nitrogens with zero attached hydrogens (tertiary/aromatic N) is 1. The van der Waals surface area contributed by atoms with E-state index in [0.29, 0.717) is 6.54 Å². The molecule has 1 heterocycles. The first-order valence-electron chi connectivity index (χ1n) is 7.41. The Bertz CT molecular complexity index is 591. The van der Waals surface area contributed by atoms with Crippen molar-refractivity contribution in [2.75, 3.05) is 18.0 Å². The molecule has 0 aromatic heterocycles. The third-order valence-corrected chi connectivity index (χ3v) is 4.17. The fourth-order valence-electron chi connectivity index (χ4n) is 3.21. The molecular formula is C18H22N2. The molecule has 2 aromatic carbocycles. The van der Waals surface area contributed by atoms with Crippen molar-refractivity contribution < 1.29 is 0 Å². The summed E-state index contributed by atoms with van der Waals surface area (Å²) in [5.41, 5.74) is 11.5. The zero-order valence-electron chi connectivity index (χ0n) is 12.0. The predicted octanol–water partition coefficient (Wildman–Crippen LogP) is 3.45. The van der Waals surface area contributed by atoms with E-state index in [0.717, 1.165) is 6.54 Å². The van der Waals surface area contributed by atoms with E-state index < -0.39 is 0 Å². The molecule has 2 heteroatoms. The lowest BCUT2D eigenvalue weighted by atomic mass is 9.96. The first-order valence-corrected chi connectivity index (χ1v) is 7.41. The van der Waals surface area contributed by atoms with Crippen molar-refractivity contribution in [3.63, 3.8) is 0 Å². The molecule has 2 nitrogen and oxygen atoms in total. The molecule has 0 aliphatic carbocycles. The van der Waals surface area contributed by atoms with Gasteiger partial charge in [0.05, 0.1) is 6.04 Å². The van der Waals surface area contributed by atoms with Gasteiger partial charge in [0.15, 0.2) is 0 Å². The van der Waals surface area contributed by atoms with Crippen molar-refractivity contribution in [3.05, 3.63) is 65.2 Å². The molecule has 1 aliphatic rings. The predicted molar refractivity (Wildman–Crippen MR) is 85.1 cm³/mol. The highest BCUT2D eigenvalue weighted by Gasteiger charge is 2.24. The van der Waals surface area contributed by atoms with Crippen LogP contribution in [0, 0.1) is 6.92 Å². The standard InChI is InChI=1S/C18H22N2/c1-14-6-4-8-16(12-14)18(13-19)20-11-5-9-15-7-2-3-10-17(15)20/h2-4,6-8,10,12,18H,5,9,11,13,19H2,1H3. The van der Waals surface area contributed by atoms with Crippen LogP contribution in [0.25, 0.3) is 0 Å². The number of para-hydroxylation sites is 1. The maximum Gasteiger partial charge on any atom is 0.0664 e. The Balaban J connectivity index is 1.99. The molecule has 1 aliphatic heterocycles. The van der Waals surface area contributed by atoms with Gasteiger partial charge in [-0.15, -0.1) is 0 Å². The lowest BCUT2D eigenvalue weighted by Gasteiger charge is -2.38. The molecule has 0 radical (unpaired) electrons. The molecule has 2 aromatic rings. The van der Waals surface area contributed by atoms with Gasteiger partial charge in [0, 0.05) is 18.8 Å². The lowest BCUT2D eigenvalue weighted by molar-refractivity contribution is 0.587. The number of fused-ring (bicyclic) bond motifs is 1. The van der Waals surface area contributed by atoms with Crippen LogP contribution in [0.3, 0.4) is 0 Å². The quantitative estimate of drug-likeness (QED) is 0.922. The summed E-state index contributed by atoms with van der Waals surface area (Å²) in [6, 6.07) is 17.7. The molecule has 0 saturated carbocycles. The maximum absolute atomic E-state index is 6.10.